The van der Waals surface area contributed by atoms with Gasteiger partial charge in [0.2, 0.25) is 12.7 Å². The van der Waals surface area contributed by atoms with Gasteiger partial charge in [-0.05, 0) is 53.2 Å². The van der Waals surface area contributed by atoms with Gasteiger partial charge in [-0.25, -0.2) is 0 Å². The van der Waals surface area contributed by atoms with Gasteiger partial charge < -0.3 is 10.4 Å². The Morgan fingerprint density at radius 1 is 0.938 bits per heavy atom. The van der Waals surface area contributed by atoms with Crippen LogP contribution in [0.3, 0.4) is 0 Å². The molecule has 3 aromatic carbocycles. The molecule has 0 saturated heterocycles. The number of amides is 1. The molecule has 0 unspecified atom stereocenters. The average molecular weight is 516 g/mol. The van der Waals surface area contributed by atoms with E-state index in [0.29, 0.717) is 0 Å². The Labute approximate surface area is 193 Å². The van der Waals surface area contributed by atoms with E-state index in [1.807, 2.05) is 42.5 Å². The lowest BCUT2D eigenvalue weighted by Gasteiger charge is -2.03. The Hall–Kier alpha value is -3.27. The second-order valence-corrected chi connectivity index (χ2v) is 9.11. The van der Waals surface area contributed by atoms with Gasteiger partial charge in [-0.1, -0.05) is 46.3 Å². The van der Waals surface area contributed by atoms with Crippen LogP contribution >= 0.6 is 15.9 Å². The highest BCUT2D eigenvalue weighted by Gasteiger charge is 2.10. The number of anilines is 1. The minimum Gasteiger partial charge on any atom is -0.503 e. The van der Waals surface area contributed by atoms with E-state index in [0.717, 1.165) is 20.9 Å². The molecule has 1 aromatic heterocycles. The number of aromatic hydroxyl groups is 1. The number of nitrogens with zero attached hydrogens (tertiary/aromatic N) is 1. The minimum atomic E-state index is -4.09. The summed E-state index contributed by atoms with van der Waals surface area (Å²) in [5, 5.41) is 13.8. The van der Waals surface area contributed by atoms with Gasteiger partial charge in [-0.2, -0.15) is 13.0 Å². The molecule has 0 spiro atoms. The number of carbonyl (C=O) groups is 1. The topological polar surface area (TPSA) is 108 Å². The van der Waals surface area contributed by atoms with Crippen molar-refractivity contribution in [3.63, 3.8) is 0 Å². The molecule has 0 fully saturated rings. The third-order valence-corrected chi connectivity index (χ3v) is 5.69. The summed E-state index contributed by atoms with van der Waals surface area (Å²) in [7, 11) is -4.09. The molecule has 0 aliphatic carbocycles. The molecule has 0 atom stereocenters. The van der Waals surface area contributed by atoms with Gasteiger partial charge in [-0.3, -0.25) is 9.35 Å². The number of fused-ring (bicyclic) bond motifs is 1. The number of pyridine rings is 1. The van der Waals surface area contributed by atoms with Crippen molar-refractivity contribution in [2.24, 2.45) is 0 Å². The summed E-state index contributed by atoms with van der Waals surface area (Å²) in [4.78, 5) is 11.7. The molecule has 9 heteroatoms. The quantitative estimate of drug-likeness (QED) is 0.279. The van der Waals surface area contributed by atoms with E-state index < -0.39 is 10.1 Å². The third kappa shape index (κ3) is 6.88. The van der Waals surface area contributed by atoms with Crippen molar-refractivity contribution in [2.45, 2.75) is 11.4 Å². The van der Waals surface area contributed by atoms with Crippen LogP contribution in [0.4, 0.5) is 5.69 Å². The first-order valence-electron chi connectivity index (χ1n) is 9.40. The number of aromatic nitrogens is 1. The average Bonchev–Trinajstić information content (AvgIpc) is 2.75. The summed E-state index contributed by atoms with van der Waals surface area (Å²) in [5.74, 6) is -0.0122. The van der Waals surface area contributed by atoms with Crippen LogP contribution in [0.15, 0.2) is 101 Å². The minimum absolute atomic E-state index is 0.0730. The molecular weight excluding hydrogens is 496 g/mol. The molecule has 1 amide bonds. The van der Waals surface area contributed by atoms with E-state index in [9.17, 15) is 18.3 Å². The molecule has 32 heavy (non-hydrogen) atoms. The van der Waals surface area contributed by atoms with Crippen molar-refractivity contribution in [3.8, 4) is 5.75 Å². The van der Waals surface area contributed by atoms with Gasteiger partial charge in [0, 0.05) is 16.2 Å². The zero-order valence-electron chi connectivity index (χ0n) is 16.7. The highest BCUT2D eigenvalue weighted by molar-refractivity contribution is 9.10. The molecule has 164 valence electrons. The number of nitrogens with one attached hydrogen (secondary N) is 1. The molecule has 0 bridgehead atoms. The Balaban J connectivity index is 0.000000186. The highest BCUT2D eigenvalue weighted by atomic mass is 79.9. The van der Waals surface area contributed by atoms with Crippen molar-refractivity contribution in [1.82, 2.24) is 0 Å². The van der Waals surface area contributed by atoms with Crippen LogP contribution in [0.1, 0.15) is 0 Å². The van der Waals surface area contributed by atoms with E-state index >= 15 is 0 Å². The normalized spacial score (nSPS) is 10.8. The molecule has 0 saturated carbocycles. The molecule has 7 nitrogen and oxygen atoms in total. The fraction of sp³-hybridized carbons (Fsp3) is 0.0435. The van der Waals surface area contributed by atoms with E-state index in [1.54, 1.807) is 35.0 Å². The summed E-state index contributed by atoms with van der Waals surface area (Å²) in [5.41, 5.74) is 0.740. The SMILES string of the molecule is O=C(C[n+]1cccc(O)c1)Nc1ccc(Br)cc1.O=S(=O)(O)c1ccc2ccccc2c1. The standard InChI is InChI=1S/C13H11BrN2O2.C10H8O3S/c14-10-3-5-11(6-4-10)15-13(18)9-16-7-1-2-12(17)8-16;11-14(12,13)10-6-5-8-3-1-2-4-9(8)7-10/h1-8H,9H2,(H-,15,17,18);1-7H,(H,11,12,13)/p+1. The van der Waals surface area contributed by atoms with Crippen LogP contribution < -0.4 is 9.88 Å². The maximum atomic E-state index is 11.8. The number of benzene rings is 3. The molecule has 0 aliphatic heterocycles. The van der Waals surface area contributed by atoms with Gasteiger partial charge in [-0.15, -0.1) is 0 Å². The van der Waals surface area contributed by atoms with Crippen LogP contribution in [-0.4, -0.2) is 24.0 Å². The summed E-state index contributed by atoms with van der Waals surface area (Å²) in [6, 6.07) is 22.4. The van der Waals surface area contributed by atoms with Crippen LogP contribution in [0.25, 0.3) is 10.8 Å². The Morgan fingerprint density at radius 2 is 1.62 bits per heavy atom. The van der Waals surface area contributed by atoms with Crippen molar-refractivity contribution >= 4 is 48.4 Å². The zero-order chi connectivity index (χ0) is 23.1. The van der Waals surface area contributed by atoms with Gasteiger partial charge in [0.15, 0.2) is 11.9 Å². The van der Waals surface area contributed by atoms with Gasteiger partial charge >= 0.3 is 0 Å². The maximum absolute atomic E-state index is 11.8. The second-order valence-electron chi connectivity index (χ2n) is 6.77. The molecule has 3 N–H and O–H groups in total. The van der Waals surface area contributed by atoms with Gasteiger partial charge in [0.25, 0.3) is 16.0 Å². The van der Waals surface area contributed by atoms with Crippen LogP contribution in [-0.2, 0) is 21.5 Å². The molecule has 1 heterocycles. The lowest BCUT2D eigenvalue weighted by molar-refractivity contribution is -0.684. The fourth-order valence-electron chi connectivity index (χ4n) is 2.83. The van der Waals surface area contributed by atoms with E-state index in [1.165, 1.54) is 18.3 Å². The summed E-state index contributed by atoms with van der Waals surface area (Å²) >= 11 is 3.33. The first-order valence-corrected chi connectivity index (χ1v) is 11.6. The number of carbonyl (C=O) groups excluding carboxylic acids is 1. The van der Waals surface area contributed by atoms with Crippen molar-refractivity contribution in [3.05, 3.63) is 95.7 Å². The van der Waals surface area contributed by atoms with Crippen molar-refractivity contribution in [2.75, 3.05) is 5.32 Å². The highest BCUT2D eigenvalue weighted by Crippen LogP contribution is 2.18. The van der Waals surface area contributed by atoms with Crippen molar-refractivity contribution in [1.29, 1.82) is 0 Å². The Morgan fingerprint density at radius 3 is 2.28 bits per heavy atom. The van der Waals surface area contributed by atoms with E-state index in [-0.39, 0.29) is 23.1 Å². The molecule has 4 aromatic rings. The Bertz CT molecular complexity index is 1340. The van der Waals surface area contributed by atoms with Crippen LogP contribution in [0.2, 0.25) is 0 Å². The largest absolute Gasteiger partial charge is 0.503 e. The molecular formula is C23H20BrN2O5S+. The second kappa shape index (κ2) is 10.4. The molecule has 4 rings (SSSR count). The Kier molecular flexibility index (Phi) is 7.57. The summed E-state index contributed by atoms with van der Waals surface area (Å²) in [6.07, 6.45) is 3.22. The van der Waals surface area contributed by atoms with E-state index in [4.69, 9.17) is 4.55 Å². The smallest absolute Gasteiger partial charge is 0.294 e. The molecule has 0 aliphatic rings. The maximum Gasteiger partial charge on any atom is 0.294 e. The summed E-state index contributed by atoms with van der Waals surface area (Å²) in [6.45, 7) is 0.157. The zero-order valence-corrected chi connectivity index (χ0v) is 19.1. The lowest BCUT2D eigenvalue weighted by atomic mass is 10.1. The number of hydrogen-bond donors (Lipinski definition) is 3. The van der Waals surface area contributed by atoms with Crippen LogP contribution in [0.5, 0.6) is 5.75 Å². The third-order valence-electron chi connectivity index (χ3n) is 4.32. The predicted molar refractivity (Wildman–Crippen MR) is 125 cm³/mol. The van der Waals surface area contributed by atoms with Gasteiger partial charge in [0.1, 0.15) is 0 Å². The monoisotopic (exact) mass is 515 g/mol. The first kappa shape index (κ1) is 23.4. The summed E-state index contributed by atoms with van der Waals surface area (Å²) < 4.78 is 33.1. The predicted octanol–water partition coefficient (Wildman–Crippen LogP) is 4.17. The van der Waals surface area contributed by atoms with Crippen LogP contribution in [0, 0.1) is 0 Å². The van der Waals surface area contributed by atoms with E-state index in [2.05, 4.69) is 21.2 Å². The fourth-order valence-corrected chi connectivity index (χ4v) is 3.61. The number of halogens is 1. The molecule has 0 radical (unpaired) electrons. The lowest BCUT2D eigenvalue weighted by Crippen LogP contribution is -2.39. The number of hydrogen-bond acceptors (Lipinski definition) is 4. The first-order chi connectivity index (χ1) is 15.2. The van der Waals surface area contributed by atoms with Crippen molar-refractivity contribution < 1.29 is 27.4 Å². The van der Waals surface area contributed by atoms with Gasteiger partial charge in [0.05, 0.1) is 4.90 Å². The number of rotatable bonds is 4.